The molecule has 4 nitrogen and oxygen atoms in total. The molecular formula is C16H16F7NO3. The number of ether oxygens (including phenoxy) is 1. The van der Waals surface area contributed by atoms with Gasteiger partial charge >= 0.3 is 24.0 Å². The molecule has 0 bridgehead atoms. The van der Waals surface area contributed by atoms with E-state index in [1.165, 1.54) is 29.6 Å². The second kappa shape index (κ2) is 8.57. The molecule has 1 rings (SSSR count). The van der Waals surface area contributed by atoms with Gasteiger partial charge in [-0.1, -0.05) is 37.3 Å². The van der Waals surface area contributed by atoms with Crippen molar-refractivity contribution < 1.29 is 45.1 Å². The lowest BCUT2D eigenvalue weighted by atomic mass is 10.0. The Kier molecular flexibility index (Phi) is 7.21. The average Bonchev–Trinajstić information content (AvgIpc) is 2.58. The van der Waals surface area contributed by atoms with Gasteiger partial charge in [0, 0.05) is 6.42 Å². The maximum absolute atomic E-state index is 13.5. The molecule has 0 heterocycles. The molecule has 0 unspecified atom stereocenters. The maximum Gasteiger partial charge on any atom is 0.460 e. The van der Waals surface area contributed by atoms with Crippen molar-refractivity contribution in [1.82, 2.24) is 5.32 Å². The third-order valence-electron chi connectivity index (χ3n) is 3.36. The molecule has 0 aliphatic rings. The molecule has 11 heteroatoms. The van der Waals surface area contributed by atoms with Gasteiger partial charge in [0.05, 0.1) is 6.61 Å². The Morgan fingerprint density at radius 3 is 2.07 bits per heavy atom. The van der Waals surface area contributed by atoms with Gasteiger partial charge in [0.15, 0.2) is 0 Å². The van der Waals surface area contributed by atoms with Crippen LogP contribution in [0.25, 0.3) is 0 Å². The first kappa shape index (κ1) is 22.7. The van der Waals surface area contributed by atoms with Crippen LogP contribution in [0.3, 0.4) is 0 Å². The minimum absolute atomic E-state index is 0.158. The molecule has 0 saturated carbocycles. The topological polar surface area (TPSA) is 55.4 Å². The highest BCUT2D eigenvalue weighted by Crippen LogP contribution is 2.46. The number of carbonyl (C=O) groups excluding carboxylic acids is 2. The molecular weight excluding hydrogens is 387 g/mol. The predicted octanol–water partition coefficient (Wildman–Crippen LogP) is 3.50. The number of carbonyl (C=O) groups is 2. The van der Waals surface area contributed by atoms with E-state index in [4.69, 9.17) is 0 Å². The summed E-state index contributed by atoms with van der Waals surface area (Å²) in [6, 6.07) is 5.62. The molecule has 0 radical (unpaired) electrons. The van der Waals surface area contributed by atoms with Gasteiger partial charge in [0.2, 0.25) is 0 Å². The van der Waals surface area contributed by atoms with Crippen molar-refractivity contribution in [1.29, 1.82) is 0 Å². The molecule has 0 aromatic heterocycles. The number of halogens is 7. The quantitative estimate of drug-likeness (QED) is 0.534. The van der Waals surface area contributed by atoms with Crippen LogP contribution in [0.1, 0.15) is 18.9 Å². The van der Waals surface area contributed by atoms with Crippen LogP contribution in [-0.4, -0.2) is 42.5 Å². The highest BCUT2D eigenvalue weighted by Gasteiger charge is 2.76. The van der Waals surface area contributed by atoms with Crippen molar-refractivity contribution in [2.45, 2.75) is 43.8 Å². The molecule has 1 aromatic rings. The van der Waals surface area contributed by atoms with Crippen LogP contribution in [0.15, 0.2) is 30.3 Å². The molecule has 0 spiro atoms. The molecule has 0 fully saturated rings. The number of hydrogen-bond acceptors (Lipinski definition) is 3. The Bertz CT molecular complexity index is 647. The summed E-state index contributed by atoms with van der Waals surface area (Å²) >= 11 is 0. The minimum Gasteiger partial charge on any atom is -0.464 e. The van der Waals surface area contributed by atoms with E-state index in [1.807, 2.05) is 0 Å². The Morgan fingerprint density at radius 2 is 1.59 bits per heavy atom. The number of benzene rings is 1. The number of hydrogen-bond donors (Lipinski definition) is 1. The predicted molar refractivity (Wildman–Crippen MR) is 79.3 cm³/mol. The molecule has 1 aromatic carbocycles. The fourth-order valence-electron chi connectivity index (χ4n) is 1.92. The van der Waals surface area contributed by atoms with Crippen molar-refractivity contribution in [3.63, 3.8) is 0 Å². The van der Waals surface area contributed by atoms with Crippen LogP contribution < -0.4 is 5.32 Å². The second-order valence-corrected chi connectivity index (χ2v) is 5.53. The molecule has 152 valence electrons. The Hall–Kier alpha value is -2.33. The number of rotatable bonds is 8. The number of alkyl halides is 7. The zero-order valence-electron chi connectivity index (χ0n) is 14.0. The normalized spacial score (nSPS) is 13.8. The Labute approximate surface area is 149 Å². The van der Waals surface area contributed by atoms with Crippen LogP contribution in [-0.2, 0) is 20.7 Å². The average molecular weight is 403 g/mol. The van der Waals surface area contributed by atoms with Gasteiger partial charge in [-0.05, 0) is 12.0 Å². The molecule has 27 heavy (non-hydrogen) atoms. The van der Waals surface area contributed by atoms with Crippen molar-refractivity contribution >= 4 is 11.9 Å². The Morgan fingerprint density at radius 1 is 1.04 bits per heavy atom. The van der Waals surface area contributed by atoms with E-state index in [1.54, 1.807) is 13.0 Å². The SMILES string of the molecule is CCCOC(=O)[C@H](Cc1ccccc1)NC(=O)C(F)(F)C(F)(F)C(F)(F)F. The molecule has 0 aliphatic heterocycles. The summed E-state index contributed by atoms with van der Waals surface area (Å²) in [6.07, 6.45) is -6.77. The number of esters is 1. The lowest BCUT2D eigenvalue weighted by Crippen LogP contribution is -2.61. The zero-order chi connectivity index (χ0) is 20.9. The lowest BCUT2D eigenvalue weighted by molar-refractivity contribution is -0.344. The van der Waals surface area contributed by atoms with Crippen LogP contribution in [0, 0.1) is 0 Å². The summed E-state index contributed by atoms with van der Waals surface area (Å²) < 4.78 is 94.2. The standard InChI is InChI=1S/C16H16F7NO3/c1-2-8-27-12(25)11(9-10-6-4-3-5-7-10)24-13(26)14(17,18)15(19,20)16(21,22)23/h3-7,11H,2,8-9H2,1H3,(H,24,26)/t11-/m0/s1. The summed E-state index contributed by atoms with van der Waals surface area (Å²) in [5.74, 6) is -16.9. The largest absolute Gasteiger partial charge is 0.464 e. The van der Waals surface area contributed by atoms with E-state index >= 15 is 0 Å². The van der Waals surface area contributed by atoms with Crippen molar-refractivity contribution in [3.8, 4) is 0 Å². The summed E-state index contributed by atoms with van der Waals surface area (Å²) in [6.45, 7) is 1.45. The van der Waals surface area contributed by atoms with Crippen molar-refractivity contribution in [2.75, 3.05) is 6.61 Å². The van der Waals surface area contributed by atoms with E-state index in [-0.39, 0.29) is 6.61 Å². The van der Waals surface area contributed by atoms with E-state index < -0.39 is 42.4 Å². The van der Waals surface area contributed by atoms with E-state index in [9.17, 15) is 40.3 Å². The fourth-order valence-corrected chi connectivity index (χ4v) is 1.92. The molecule has 1 N–H and O–H groups in total. The van der Waals surface area contributed by atoms with E-state index in [0.717, 1.165) is 0 Å². The first-order chi connectivity index (χ1) is 12.3. The van der Waals surface area contributed by atoms with Gasteiger partial charge < -0.3 is 10.1 Å². The third kappa shape index (κ3) is 5.33. The maximum atomic E-state index is 13.5. The summed E-state index contributed by atoms with van der Waals surface area (Å²) in [5, 5.41) is 1.25. The van der Waals surface area contributed by atoms with Gasteiger partial charge in [-0.15, -0.1) is 0 Å². The highest BCUT2D eigenvalue weighted by atomic mass is 19.4. The summed E-state index contributed by atoms with van der Waals surface area (Å²) in [4.78, 5) is 23.4. The zero-order valence-corrected chi connectivity index (χ0v) is 14.0. The minimum atomic E-state index is -6.66. The molecule has 0 aliphatic carbocycles. The van der Waals surface area contributed by atoms with E-state index in [2.05, 4.69) is 4.74 Å². The lowest BCUT2D eigenvalue weighted by Gasteiger charge is -2.28. The van der Waals surface area contributed by atoms with Crippen molar-refractivity contribution in [2.24, 2.45) is 0 Å². The van der Waals surface area contributed by atoms with Crippen LogP contribution >= 0.6 is 0 Å². The molecule has 0 saturated heterocycles. The van der Waals surface area contributed by atoms with Gasteiger partial charge in [-0.3, -0.25) is 4.79 Å². The molecule has 1 atom stereocenters. The summed E-state index contributed by atoms with van der Waals surface area (Å²) in [5.41, 5.74) is 0.335. The van der Waals surface area contributed by atoms with Gasteiger partial charge in [-0.2, -0.15) is 30.7 Å². The second-order valence-electron chi connectivity index (χ2n) is 5.53. The first-order valence-electron chi connectivity index (χ1n) is 7.68. The monoisotopic (exact) mass is 403 g/mol. The van der Waals surface area contributed by atoms with Crippen molar-refractivity contribution in [3.05, 3.63) is 35.9 Å². The Balaban J connectivity index is 3.05. The smallest absolute Gasteiger partial charge is 0.460 e. The third-order valence-corrected chi connectivity index (χ3v) is 3.36. The van der Waals surface area contributed by atoms with E-state index in [0.29, 0.717) is 12.0 Å². The van der Waals surface area contributed by atoms with Gasteiger partial charge in [0.25, 0.3) is 5.91 Å². The first-order valence-corrected chi connectivity index (χ1v) is 7.68. The van der Waals surface area contributed by atoms with Crippen LogP contribution in [0.5, 0.6) is 0 Å². The van der Waals surface area contributed by atoms with Gasteiger partial charge in [0.1, 0.15) is 6.04 Å². The summed E-state index contributed by atoms with van der Waals surface area (Å²) in [7, 11) is 0. The number of amides is 1. The fraction of sp³-hybridized carbons (Fsp3) is 0.500. The number of nitrogens with one attached hydrogen (secondary N) is 1. The molecule has 1 amide bonds. The van der Waals surface area contributed by atoms with Gasteiger partial charge in [-0.25, -0.2) is 4.79 Å². The highest BCUT2D eigenvalue weighted by molar-refractivity contribution is 5.89. The van der Waals surface area contributed by atoms with Crippen LogP contribution in [0.2, 0.25) is 0 Å². The van der Waals surface area contributed by atoms with Crippen LogP contribution in [0.4, 0.5) is 30.7 Å².